The van der Waals surface area contributed by atoms with Gasteiger partial charge in [0.05, 0.1) is 11.1 Å². The second-order valence-corrected chi connectivity index (χ2v) is 11.8. The van der Waals surface area contributed by atoms with Crippen molar-refractivity contribution in [3.05, 3.63) is 59.2 Å². The highest BCUT2D eigenvalue weighted by atomic mass is 19.1. The zero-order valence-electron chi connectivity index (χ0n) is 21.5. The van der Waals surface area contributed by atoms with Gasteiger partial charge in [0.2, 0.25) is 5.90 Å². The molecule has 0 bridgehead atoms. The Labute approximate surface area is 209 Å². The van der Waals surface area contributed by atoms with Crippen LogP contribution in [-0.4, -0.2) is 18.0 Å². The highest BCUT2D eigenvalue weighted by molar-refractivity contribution is 5.95. The first-order valence-corrected chi connectivity index (χ1v) is 13.7. The molecule has 4 atom stereocenters. The molecule has 0 radical (unpaired) electrons. The summed E-state index contributed by atoms with van der Waals surface area (Å²) in [7, 11) is 0. The number of benzene rings is 2. The molecule has 2 aliphatic carbocycles. The van der Waals surface area contributed by atoms with Crippen LogP contribution in [0.25, 0.3) is 11.1 Å². The molecule has 2 fully saturated rings. The standard InChI is InChI=1S/C31H39F2NO/c1-4-5-6-20-7-8-24-16-25(14-13-23(24)15-20)26-17-27(32)29(28(33)18-26)21-9-11-22(12-10-21)30-34-31(2,3)19-35-30/h9-12,17-18,20,23-25H,4-8,13-16,19H2,1-3H3. The van der Waals surface area contributed by atoms with Crippen LogP contribution in [0.2, 0.25) is 0 Å². The Balaban J connectivity index is 1.28. The summed E-state index contributed by atoms with van der Waals surface area (Å²) in [6.07, 6.45) is 11.3. The number of rotatable bonds is 6. The summed E-state index contributed by atoms with van der Waals surface area (Å²) in [6.45, 7) is 6.85. The Morgan fingerprint density at radius 1 is 0.914 bits per heavy atom. The van der Waals surface area contributed by atoms with Gasteiger partial charge in [-0.3, -0.25) is 0 Å². The van der Waals surface area contributed by atoms with Crippen LogP contribution in [-0.2, 0) is 4.74 Å². The van der Waals surface area contributed by atoms with Crippen molar-refractivity contribution in [2.24, 2.45) is 22.7 Å². The van der Waals surface area contributed by atoms with Crippen molar-refractivity contribution in [1.82, 2.24) is 0 Å². The molecule has 2 saturated carbocycles. The van der Waals surface area contributed by atoms with Gasteiger partial charge in [-0.1, -0.05) is 44.7 Å². The molecule has 0 aromatic heterocycles. The maximum atomic E-state index is 15.3. The van der Waals surface area contributed by atoms with Gasteiger partial charge in [-0.2, -0.15) is 0 Å². The average molecular weight is 480 g/mol. The van der Waals surface area contributed by atoms with E-state index in [1.54, 1.807) is 24.3 Å². The molecule has 35 heavy (non-hydrogen) atoms. The first-order valence-electron chi connectivity index (χ1n) is 13.7. The molecule has 188 valence electrons. The van der Waals surface area contributed by atoms with E-state index in [2.05, 4.69) is 11.9 Å². The molecule has 2 aromatic carbocycles. The van der Waals surface area contributed by atoms with Crippen LogP contribution in [0.5, 0.6) is 0 Å². The fourth-order valence-electron chi connectivity index (χ4n) is 6.66. The van der Waals surface area contributed by atoms with Gasteiger partial charge in [0.25, 0.3) is 0 Å². The minimum absolute atomic E-state index is 0.0556. The Kier molecular flexibility index (Phi) is 7.01. The highest BCUT2D eigenvalue weighted by Gasteiger charge is 2.36. The fourth-order valence-corrected chi connectivity index (χ4v) is 6.66. The summed E-state index contributed by atoms with van der Waals surface area (Å²) in [5.74, 6) is 2.36. The van der Waals surface area contributed by atoms with E-state index in [0.717, 1.165) is 41.7 Å². The van der Waals surface area contributed by atoms with Crippen molar-refractivity contribution in [3.63, 3.8) is 0 Å². The maximum absolute atomic E-state index is 15.3. The third-order valence-electron chi connectivity index (χ3n) is 8.61. The van der Waals surface area contributed by atoms with Gasteiger partial charge >= 0.3 is 0 Å². The average Bonchev–Trinajstić information content (AvgIpc) is 3.21. The molecule has 0 amide bonds. The SMILES string of the molecule is CCCCC1CCC2CC(c3cc(F)c(-c4ccc(C5=NC(C)(C)CO5)cc4)c(F)c3)CCC2C1. The lowest BCUT2D eigenvalue weighted by Gasteiger charge is -2.42. The fraction of sp³-hybridized carbons (Fsp3) is 0.581. The summed E-state index contributed by atoms with van der Waals surface area (Å²) in [5, 5.41) is 0. The Morgan fingerprint density at radius 3 is 2.23 bits per heavy atom. The lowest BCUT2D eigenvalue weighted by molar-refractivity contribution is 0.113. The van der Waals surface area contributed by atoms with Gasteiger partial charge < -0.3 is 4.74 Å². The predicted molar refractivity (Wildman–Crippen MR) is 139 cm³/mol. The molecule has 1 aliphatic heterocycles. The van der Waals surface area contributed by atoms with Crippen LogP contribution < -0.4 is 0 Å². The Morgan fingerprint density at radius 2 is 1.57 bits per heavy atom. The number of unbranched alkanes of at least 4 members (excludes halogenated alkanes) is 1. The third kappa shape index (κ3) is 5.32. The highest BCUT2D eigenvalue weighted by Crippen LogP contribution is 2.49. The smallest absolute Gasteiger partial charge is 0.216 e. The summed E-state index contributed by atoms with van der Waals surface area (Å²) >= 11 is 0. The Bertz CT molecular complexity index is 1050. The van der Waals surface area contributed by atoms with Crippen LogP contribution in [0, 0.1) is 29.4 Å². The van der Waals surface area contributed by atoms with Gasteiger partial charge in [0.1, 0.15) is 18.2 Å². The summed E-state index contributed by atoms with van der Waals surface area (Å²) in [5.41, 5.74) is 2.03. The van der Waals surface area contributed by atoms with Crippen LogP contribution in [0.15, 0.2) is 41.4 Å². The van der Waals surface area contributed by atoms with E-state index in [-0.39, 0.29) is 17.0 Å². The van der Waals surface area contributed by atoms with Gasteiger partial charge in [0.15, 0.2) is 0 Å². The normalized spacial score (nSPS) is 27.7. The van der Waals surface area contributed by atoms with Crippen LogP contribution >= 0.6 is 0 Å². The molecule has 5 rings (SSSR count). The van der Waals surface area contributed by atoms with Gasteiger partial charge in [-0.25, -0.2) is 13.8 Å². The third-order valence-corrected chi connectivity index (χ3v) is 8.61. The molecule has 4 unspecified atom stereocenters. The predicted octanol–water partition coefficient (Wildman–Crippen LogP) is 8.68. The maximum Gasteiger partial charge on any atom is 0.216 e. The lowest BCUT2D eigenvalue weighted by Crippen LogP contribution is -2.30. The zero-order valence-corrected chi connectivity index (χ0v) is 21.5. The van der Waals surface area contributed by atoms with Gasteiger partial charge in [-0.05, 0) is 105 Å². The molecule has 0 N–H and O–H groups in total. The molecule has 2 aromatic rings. The van der Waals surface area contributed by atoms with Crippen molar-refractivity contribution in [1.29, 1.82) is 0 Å². The van der Waals surface area contributed by atoms with Crippen molar-refractivity contribution in [2.75, 3.05) is 6.61 Å². The van der Waals surface area contributed by atoms with E-state index in [1.807, 2.05) is 26.0 Å². The molecule has 1 heterocycles. The van der Waals surface area contributed by atoms with E-state index in [1.165, 1.54) is 44.9 Å². The first kappa shape index (κ1) is 24.5. The number of halogens is 2. The van der Waals surface area contributed by atoms with Crippen molar-refractivity contribution < 1.29 is 13.5 Å². The monoisotopic (exact) mass is 479 g/mol. The number of fused-ring (bicyclic) bond motifs is 1. The van der Waals surface area contributed by atoms with Crippen LogP contribution in [0.1, 0.15) is 95.6 Å². The van der Waals surface area contributed by atoms with Crippen LogP contribution in [0.3, 0.4) is 0 Å². The molecular formula is C31H39F2NO. The first-order chi connectivity index (χ1) is 16.8. The topological polar surface area (TPSA) is 21.6 Å². The summed E-state index contributed by atoms with van der Waals surface area (Å²) in [4.78, 5) is 4.58. The van der Waals surface area contributed by atoms with Crippen molar-refractivity contribution >= 4 is 5.90 Å². The quantitative estimate of drug-likeness (QED) is 0.406. The minimum atomic E-state index is -0.464. The van der Waals surface area contributed by atoms with Gasteiger partial charge in [-0.15, -0.1) is 0 Å². The largest absolute Gasteiger partial charge is 0.475 e. The van der Waals surface area contributed by atoms with Crippen LogP contribution in [0.4, 0.5) is 8.78 Å². The molecule has 3 aliphatic rings. The number of nitrogens with zero attached hydrogens (tertiary/aromatic N) is 1. The van der Waals surface area contributed by atoms with E-state index >= 15 is 8.78 Å². The number of aliphatic imine (C=N–C) groups is 1. The second-order valence-electron chi connectivity index (χ2n) is 11.8. The lowest BCUT2D eigenvalue weighted by atomic mass is 9.63. The summed E-state index contributed by atoms with van der Waals surface area (Å²) < 4.78 is 36.2. The zero-order chi connectivity index (χ0) is 24.6. The Hall–Kier alpha value is -2.23. The second kappa shape index (κ2) is 10.0. The summed E-state index contributed by atoms with van der Waals surface area (Å²) in [6, 6.07) is 10.4. The number of hydrogen-bond donors (Lipinski definition) is 0. The van der Waals surface area contributed by atoms with E-state index in [9.17, 15) is 0 Å². The van der Waals surface area contributed by atoms with E-state index in [4.69, 9.17) is 4.74 Å². The molecular weight excluding hydrogens is 440 g/mol. The molecule has 2 nitrogen and oxygen atoms in total. The van der Waals surface area contributed by atoms with E-state index < -0.39 is 11.6 Å². The molecule has 0 saturated heterocycles. The molecule has 4 heteroatoms. The van der Waals surface area contributed by atoms with Crippen molar-refractivity contribution in [3.8, 4) is 11.1 Å². The van der Waals surface area contributed by atoms with Gasteiger partial charge in [0, 0.05) is 5.56 Å². The number of hydrogen-bond acceptors (Lipinski definition) is 2. The van der Waals surface area contributed by atoms with E-state index in [0.29, 0.717) is 18.1 Å². The molecule has 0 spiro atoms. The number of ether oxygens (including phenoxy) is 1. The van der Waals surface area contributed by atoms with Crippen molar-refractivity contribution in [2.45, 2.75) is 90.0 Å². The minimum Gasteiger partial charge on any atom is -0.475 e.